The quantitative estimate of drug-likeness (QED) is 0.273. The molecular weight excluding hydrogens is 487 g/mol. The first-order valence-corrected chi connectivity index (χ1v) is 4.53. The zero-order valence-electron chi connectivity index (χ0n) is 8.88. The van der Waals surface area contributed by atoms with Gasteiger partial charge in [-0.3, -0.25) is 0 Å². The first-order valence-electron chi connectivity index (χ1n) is 4.53. The van der Waals surface area contributed by atoms with Crippen molar-refractivity contribution in [3.63, 3.8) is 0 Å². The van der Waals surface area contributed by atoms with Crippen LogP contribution in [0.1, 0.15) is 11.1 Å². The van der Waals surface area contributed by atoms with E-state index in [2.05, 4.69) is 42.5 Å². The van der Waals surface area contributed by atoms with Gasteiger partial charge in [0.05, 0.1) is 0 Å². The van der Waals surface area contributed by atoms with Crippen LogP contribution in [0.3, 0.4) is 0 Å². The van der Waals surface area contributed by atoms with Gasteiger partial charge in [-0.25, -0.2) is 0 Å². The molecule has 17 heavy (non-hydrogen) atoms. The van der Waals surface area contributed by atoms with Crippen LogP contribution in [0.5, 0.6) is 0 Å². The Morgan fingerprint density at radius 2 is 1.47 bits per heavy atom. The first kappa shape index (κ1) is 20.1. The van der Waals surface area contributed by atoms with Gasteiger partial charge in [-0.05, 0) is 6.42 Å². The van der Waals surface area contributed by atoms with Gasteiger partial charge in [0.2, 0.25) is 0 Å². The fourth-order valence-corrected chi connectivity index (χ4v) is 2.00. The van der Waals surface area contributed by atoms with Crippen molar-refractivity contribution in [2.45, 2.75) is 6.42 Å². The predicted octanol–water partition coefficient (Wildman–Crippen LogP) is -5.93. The van der Waals surface area contributed by atoms with Crippen molar-refractivity contribution in [3.8, 4) is 11.1 Å². The molecule has 3 rings (SSSR count). The molecule has 0 unspecified atom stereocenters. The Morgan fingerprint density at radius 3 is 2.24 bits per heavy atom. The van der Waals surface area contributed by atoms with Crippen molar-refractivity contribution in [2.75, 3.05) is 0 Å². The number of fused-ring (bicyclic) bond motifs is 3. The monoisotopic (exact) mass is 492 g/mol. The van der Waals surface area contributed by atoms with E-state index >= 15 is 0 Å². The minimum atomic E-state index is 0. The molecule has 1 aliphatic carbocycles. The molecule has 0 bridgehead atoms. The molecule has 0 N–H and O–H groups in total. The van der Waals surface area contributed by atoms with Gasteiger partial charge in [-0.2, -0.15) is 29.8 Å². The van der Waals surface area contributed by atoms with Crippen LogP contribution in [0, 0.1) is 6.07 Å². The molecule has 0 radical (unpaired) electrons. The van der Waals surface area contributed by atoms with E-state index < -0.39 is 0 Å². The van der Waals surface area contributed by atoms with E-state index in [0.29, 0.717) is 0 Å². The average molecular weight is 496 g/mol. The summed E-state index contributed by atoms with van der Waals surface area (Å²) in [5, 5.41) is 0. The van der Waals surface area contributed by atoms with Crippen LogP contribution in [0.4, 0.5) is 0 Å². The van der Waals surface area contributed by atoms with E-state index in [1.165, 1.54) is 22.3 Å². The summed E-state index contributed by atoms with van der Waals surface area (Å²) in [5.74, 6) is 0. The molecule has 0 saturated carbocycles. The molecule has 0 nitrogen and oxygen atoms in total. The maximum Gasteiger partial charge on any atom is 4.00 e. The Morgan fingerprint density at radius 1 is 0.824 bits per heavy atom. The van der Waals surface area contributed by atoms with Crippen LogP contribution in [0.2, 0.25) is 0 Å². The van der Waals surface area contributed by atoms with Gasteiger partial charge in [0.1, 0.15) is 0 Å². The zero-order valence-corrected chi connectivity index (χ0v) is 16.1. The van der Waals surface area contributed by atoms with E-state index in [4.69, 9.17) is 0 Å². The van der Waals surface area contributed by atoms with Crippen LogP contribution >= 0.6 is 0 Å². The number of hydrogen-bond donors (Lipinski definition) is 0. The van der Waals surface area contributed by atoms with E-state index in [9.17, 15) is 0 Å². The Hall–Kier alpha value is 0.763. The summed E-state index contributed by atoms with van der Waals surface area (Å²) in [6, 6.07) is 18.1. The van der Waals surface area contributed by atoms with Crippen LogP contribution in [-0.4, -0.2) is 0 Å². The van der Waals surface area contributed by atoms with Gasteiger partial charge in [-0.15, -0.1) is 5.56 Å². The van der Waals surface area contributed by atoms with Crippen molar-refractivity contribution in [2.24, 2.45) is 0 Å². The Labute approximate surface area is 153 Å². The Balaban J connectivity index is 0. The maximum absolute atomic E-state index is 3.30. The molecule has 86 valence electrons. The van der Waals surface area contributed by atoms with Crippen molar-refractivity contribution in [1.82, 2.24) is 0 Å². The predicted molar refractivity (Wildman–Crippen MR) is 53.5 cm³/mol. The summed E-state index contributed by atoms with van der Waals surface area (Å²) in [5.41, 5.74) is 5.51. The molecule has 0 spiro atoms. The SMILES string of the molecule is [Br-].[Br-].[Br-].[Zr+4].[c-]1cccc2c1Cc1ccccc1-2. The van der Waals surface area contributed by atoms with Gasteiger partial charge < -0.3 is 50.9 Å². The van der Waals surface area contributed by atoms with Crippen LogP contribution in [0.15, 0.2) is 42.5 Å². The van der Waals surface area contributed by atoms with Gasteiger partial charge in [-0.1, -0.05) is 35.4 Å². The van der Waals surface area contributed by atoms with E-state index in [1.807, 2.05) is 6.07 Å². The summed E-state index contributed by atoms with van der Waals surface area (Å²) < 4.78 is 0. The molecule has 0 aliphatic heterocycles. The fourth-order valence-electron chi connectivity index (χ4n) is 2.00. The topological polar surface area (TPSA) is 0 Å². The number of halogens is 3. The van der Waals surface area contributed by atoms with Crippen molar-refractivity contribution in [3.05, 3.63) is 59.7 Å². The van der Waals surface area contributed by atoms with E-state index in [-0.39, 0.29) is 77.1 Å². The van der Waals surface area contributed by atoms with Gasteiger partial charge in [0.15, 0.2) is 0 Å². The van der Waals surface area contributed by atoms with Crippen molar-refractivity contribution >= 4 is 0 Å². The molecular formula is C13H9Br3Zr. The molecule has 2 aromatic rings. The molecule has 1 aliphatic rings. The molecule has 0 amide bonds. The van der Waals surface area contributed by atoms with E-state index in [1.54, 1.807) is 0 Å². The normalized spacial score (nSPS) is 9.41. The third kappa shape index (κ3) is 3.86. The molecule has 4 heteroatoms. The Bertz CT molecular complexity index is 428. The number of hydrogen-bond acceptors (Lipinski definition) is 0. The number of rotatable bonds is 0. The standard InChI is InChI=1S/C13H9.3BrH.Zr/c1-3-7-12-10(5-1)9-11-6-2-4-8-13(11)12;;;;/h1-5,7-8H,9H2;3*1H;/q-1;;;;+4/p-3. The third-order valence-corrected chi connectivity index (χ3v) is 2.62. The summed E-state index contributed by atoms with van der Waals surface area (Å²) in [4.78, 5) is 0. The fraction of sp³-hybridized carbons (Fsp3) is 0.0769. The van der Waals surface area contributed by atoms with Gasteiger partial charge in [0.25, 0.3) is 0 Å². The third-order valence-electron chi connectivity index (χ3n) is 2.62. The van der Waals surface area contributed by atoms with Crippen LogP contribution in [0.25, 0.3) is 11.1 Å². The minimum absolute atomic E-state index is 0. The Kier molecular flexibility index (Phi) is 10.4. The zero-order chi connectivity index (χ0) is 8.67. The van der Waals surface area contributed by atoms with Gasteiger partial charge in [0, 0.05) is 0 Å². The van der Waals surface area contributed by atoms with E-state index in [0.717, 1.165) is 6.42 Å². The van der Waals surface area contributed by atoms with Gasteiger partial charge >= 0.3 is 26.2 Å². The molecule has 2 aromatic carbocycles. The average Bonchev–Trinajstić information content (AvgIpc) is 2.56. The second kappa shape index (κ2) is 8.79. The largest absolute Gasteiger partial charge is 4.00 e. The van der Waals surface area contributed by atoms with Crippen molar-refractivity contribution in [1.29, 1.82) is 0 Å². The smallest absolute Gasteiger partial charge is 1.00 e. The second-order valence-corrected chi connectivity index (χ2v) is 3.40. The summed E-state index contributed by atoms with van der Waals surface area (Å²) >= 11 is 0. The van der Waals surface area contributed by atoms with Crippen molar-refractivity contribution < 1.29 is 77.1 Å². The van der Waals surface area contributed by atoms with Crippen LogP contribution in [-0.2, 0) is 32.6 Å². The minimum Gasteiger partial charge on any atom is -1.00 e. The summed E-state index contributed by atoms with van der Waals surface area (Å²) in [7, 11) is 0. The number of benzene rings is 2. The molecule has 0 heterocycles. The molecule has 0 atom stereocenters. The molecule has 0 saturated heterocycles. The maximum atomic E-state index is 3.30. The molecule has 0 aromatic heterocycles. The van der Waals surface area contributed by atoms with Crippen LogP contribution < -0.4 is 50.9 Å². The molecule has 0 fully saturated rings. The first-order chi connectivity index (χ1) is 6.45. The summed E-state index contributed by atoms with van der Waals surface area (Å²) in [6.07, 6.45) is 1.05. The summed E-state index contributed by atoms with van der Waals surface area (Å²) in [6.45, 7) is 0. The second-order valence-electron chi connectivity index (χ2n) is 3.40.